The lowest BCUT2D eigenvalue weighted by Crippen LogP contribution is -2.01. The normalized spacial score (nSPS) is 12.3. The summed E-state index contributed by atoms with van der Waals surface area (Å²) in [6.07, 6.45) is 6.61. The van der Waals surface area contributed by atoms with Gasteiger partial charge in [-0.05, 0) is 35.6 Å². The summed E-state index contributed by atoms with van der Waals surface area (Å²) in [5.41, 5.74) is 3.92. The van der Waals surface area contributed by atoms with E-state index in [4.69, 9.17) is 0 Å². The van der Waals surface area contributed by atoms with Crippen LogP contribution in [0.4, 0.5) is 0 Å². The van der Waals surface area contributed by atoms with Crippen LogP contribution in [-0.2, 0) is 12.8 Å². The van der Waals surface area contributed by atoms with Gasteiger partial charge in [0.15, 0.2) is 0 Å². The lowest BCUT2D eigenvalue weighted by Gasteiger charge is -2.10. The number of hydrogen-bond acceptors (Lipinski definition) is 1. The van der Waals surface area contributed by atoms with Crippen LogP contribution in [0.3, 0.4) is 0 Å². The van der Waals surface area contributed by atoms with Crippen molar-refractivity contribution in [3.63, 3.8) is 0 Å². The van der Waals surface area contributed by atoms with Crippen LogP contribution in [0.1, 0.15) is 43.5 Å². The number of rotatable bonds is 6. The van der Waals surface area contributed by atoms with Crippen LogP contribution >= 0.6 is 0 Å². The van der Waals surface area contributed by atoms with Crippen molar-refractivity contribution in [1.29, 1.82) is 0 Å². The molecule has 1 atom stereocenters. The third kappa shape index (κ3) is 4.51. The first-order valence-corrected chi connectivity index (χ1v) is 7.25. The number of pyridine rings is 1. The first-order chi connectivity index (χ1) is 9.28. The molecule has 2 aromatic rings. The lowest BCUT2D eigenvalue weighted by atomic mass is 9.96. The molecule has 0 spiro atoms. The zero-order valence-electron chi connectivity index (χ0n) is 12.0. The van der Waals surface area contributed by atoms with E-state index in [1.54, 1.807) is 0 Å². The highest BCUT2D eigenvalue weighted by Gasteiger charge is 2.04. The topological polar surface area (TPSA) is 12.9 Å². The Morgan fingerprint density at radius 2 is 1.84 bits per heavy atom. The Bertz CT molecular complexity index is 490. The molecule has 0 amide bonds. The van der Waals surface area contributed by atoms with Gasteiger partial charge in [-0.15, -0.1) is 0 Å². The monoisotopic (exact) mass is 253 g/mol. The Morgan fingerprint density at radius 3 is 2.58 bits per heavy atom. The van der Waals surface area contributed by atoms with E-state index in [0.717, 1.165) is 18.8 Å². The highest BCUT2D eigenvalue weighted by Crippen LogP contribution is 2.15. The summed E-state index contributed by atoms with van der Waals surface area (Å²) in [5.74, 6) is 0.761. The molecule has 0 bridgehead atoms. The molecule has 2 rings (SSSR count). The molecule has 1 heteroatoms. The van der Waals surface area contributed by atoms with E-state index in [2.05, 4.69) is 61.3 Å². The quantitative estimate of drug-likeness (QED) is 0.730. The molecular formula is C18H23N. The number of aromatic nitrogens is 1. The summed E-state index contributed by atoms with van der Waals surface area (Å²) in [6, 6.07) is 15.0. The minimum atomic E-state index is 0.761. The van der Waals surface area contributed by atoms with Crippen molar-refractivity contribution >= 4 is 0 Å². The molecule has 19 heavy (non-hydrogen) atoms. The summed E-state index contributed by atoms with van der Waals surface area (Å²) in [7, 11) is 0. The van der Waals surface area contributed by atoms with Crippen molar-refractivity contribution in [3.05, 3.63) is 65.5 Å². The Hall–Kier alpha value is -1.63. The van der Waals surface area contributed by atoms with E-state index in [-0.39, 0.29) is 0 Å². The smallest absolute Gasteiger partial charge is 0.0450 e. The fraction of sp³-hybridized carbons (Fsp3) is 0.389. The molecule has 0 fully saturated rings. The van der Waals surface area contributed by atoms with Gasteiger partial charge in [0.2, 0.25) is 0 Å². The second-order valence-electron chi connectivity index (χ2n) is 5.42. The molecule has 1 nitrogen and oxygen atoms in total. The predicted molar refractivity (Wildman–Crippen MR) is 81.3 cm³/mol. The van der Waals surface area contributed by atoms with Gasteiger partial charge in [0.25, 0.3) is 0 Å². The Balaban J connectivity index is 2.03. The van der Waals surface area contributed by atoms with Crippen LogP contribution in [0.2, 0.25) is 0 Å². The van der Waals surface area contributed by atoms with E-state index in [1.165, 1.54) is 29.7 Å². The summed E-state index contributed by atoms with van der Waals surface area (Å²) in [4.78, 5) is 4.49. The van der Waals surface area contributed by atoms with Crippen LogP contribution in [0.25, 0.3) is 0 Å². The highest BCUT2D eigenvalue weighted by atomic mass is 14.7. The number of nitrogens with zero attached hydrogens (tertiary/aromatic N) is 1. The van der Waals surface area contributed by atoms with Crippen LogP contribution in [0, 0.1) is 5.92 Å². The van der Waals surface area contributed by atoms with Crippen molar-refractivity contribution in [2.45, 2.75) is 39.5 Å². The van der Waals surface area contributed by atoms with Gasteiger partial charge in [0.1, 0.15) is 0 Å². The molecule has 0 N–H and O–H groups in total. The van der Waals surface area contributed by atoms with Gasteiger partial charge in [-0.1, -0.05) is 57.0 Å². The first-order valence-electron chi connectivity index (χ1n) is 7.25. The predicted octanol–water partition coefficient (Wildman–Crippen LogP) is 4.65. The molecule has 0 aliphatic heterocycles. The molecule has 1 unspecified atom stereocenters. The summed E-state index contributed by atoms with van der Waals surface area (Å²) < 4.78 is 0. The summed E-state index contributed by atoms with van der Waals surface area (Å²) >= 11 is 0. The van der Waals surface area contributed by atoms with Crippen molar-refractivity contribution in [3.8, 4) is 0 Å². The molecular weight excluding hydrogens is 230 g/mol. The standard InChI is InChI=1S/C18H23N/c1-3-7-15(2)12-17-10-11-19-18(14-17)13-16-8-5-4-6-9-16/h4-6,8-11,14-15H,3,7,12-13H2,1-2H3. The van der Waals surface area contributed by atoms with Crippen molar-refractivity contribution in [1.82, 2.24) is 4.98 Å². The van der Waals surface area contributed by atoms with Gasteiger partial charge in [-0.25, -0.2) is 0 Å². The van der Waals surface area contributed by atoms with Crippen LogP contribution in [-0.4, -0.2) is 4.98 Å². The van der Waals surface area contributed by atoms with E-state index in [1.807, 2.05) is 6.20 Å². The first kappa shape index (κ1) is 13.8. The fourth-order valence-corrected chi connectivity index (χ4v) is 2.55. The second-order valence-corrected chi connectivity index (χ2v) is 5.42. The summed E-state index contributed by atoms with van der Waals surface area (Å²) in [5, 5.41) is 0. The molecule has 1 aromatic carbocycles. The SMILES string of the molecule is CCCC(C)Cc1ccnc(Cc2ccccc2)c1. The van der Waals surface area contributed by atoms with E-state index in [0.29, 0.717) is 0 Å². The third-order valence-corrected chi connectivity index (χ3v) is 3.47. The van der Waals surface area contributed by atoms with Crippen molar-refractivity contribution in [2.75, 3.05) is 0 Å². The van der Waals surface area contributed by atoms with E-state index in [9.17, 15) is 0 Å². The van der Waals surface area contributed by atoms with Crippen molar-refractivity contribution < 1.29 is 0 Å². The van der Waals surface area contributed by atoms with Crippen LogP contribution in [0.5, 0.6) is 0 Å². The molecule has 0 aliphatic carbocycles. The van der Waals surface area contributed by atoms with E-state index < -0.39 is 0 Å². The minimum absolute atomic E-state index is 0.761. The van der Waals surface area contributed by atoms with Gasteiger partial charge in [0, 0.05) is 18.3 Å². The minimum Gasteiger partial charge on any atom is -0.261 e. The number of hydrogen-bond donors (Lipinski definition) is 0. The maximum Gasteiger partial charge on any atom is 0.0450 e. The molecule has 0 saturated heterocycles. The van der Waals surface area contributed by atoms with Gasteiger partial charge in [0.05, 0.1) is 0 Å². The van der Waals surface area contributed by atoms with Crippen LogP contribution < -0.4 is 0 Å². The Morgan fingerprint density at radius 1 is 1.05 bits per heavy atom. The zero-order valence-corrected chi connectivity index (χ0v) is 12.0. The highest BCUT2D eigenvalue weighted by molar-refractivity contribution is 5.24. The third-order valence-electron chi connectivity index (χ3n) is 3.47. The average molecular weight is 253 g/mol. The Kier molecular flexibility index (Phi) is 5.14. The van der Waals surface area contributed by atoms with E-state index >= 15 is 0 Å². The molecule has 1 aromatic heterocycles. The largest absolute Gasteiger partial charge is 0.261 e. The molecule has 0 aliphatic rings. The van der Waals surface area contributed by atoms with Crippen LogP contribution in [0.15, 0.2) is 48.7 Å². The second kappa shape index (κ2) is 7.08. The molecule has 100 valence electrons. The van der Waals surface area contributed by atoms with Gasteiger partial charge in [-0.2, -0.15) is 0 Å². The fourth-order valence-electron chi connectivity index (χ4n) is 2.55. The Labute approximate surface area is 116 Å². The number of benzene rings is 1. The zero-order chi connectivity index (χ0) is 13.5. The van der Waals surface area contributed by atoms with Gasteiger partial charge >= 0.3 is 0 Å². The average Bonchev–Trinajstić information content (AvgIpc) is 2.40. The summed E-state index contributed by atoms with van der Waals surface area (Å²) in [6.45, 7) is 4.59. The maximum absolute atomic E-state index is 4.49. The molecule has 0 radical (unpaired) electrons. The molecule has 1 heterocycles. The van der Waals surface area contributed by atoms with Gasteiger partial charge in [-0.3, -0.25) is 4.98 Å². The van der Waals surface area contributed by atoms with Gasteiger partial charge < -0.3 is 0 Å². The lowest BCUT2D eigenvalue weighted by molar-refractivity contribution is 0.522. The molecule has 0 saturated carbocycles. The maximum atomic E-state index is 4.49. The van der Waals surface area contributed by atoms with Crippen molar-refractivity contribution in [2.24, 2.45) is 5.92 Å².